The zero-order valence-corrected chi connectivity index (χ0v) is 9.00. The van der Waals surface area contributed by atoms with Crippen LogP contribution in [0.5, 0.6) is 0 Å². The Hall–Kier alpha value is -0.530. The first-order chi connectivity index (χ1) is 6.75. The molecule has 3 atom stereocenters. The molecule has 2 aliphatic rings. The Kier molecular flexibility index (Phi) is 3.09. The van der Waals surface area contributed by atoms with E-state index in [0.717, 1.165) is 24.7 Å². The average molecular weight is 196 g/mol. The first kappa shape index (κ1) is 10.0. The van der Waals surface area contributed by atoms with Gasteiger partial charge in [0.2, 0.25) is 0 Å². The molecule has 2 nitrogen and oxygen atoms in total. The zero-order chi connectivity index (χ0) is 9.97. The van der Waals surface area contributed by atoms with Crippen molar-refractivity contribution < 1.29 is 9.53 Å². The second kappa shape index (κ2) is 4.33. The molecule has 0 radical (unpaired) electrons. The fraction of sp³-hybridized carbons (Fsp3) is 0.917. The molecular formula is C12H20O2. The smallest absolute Gasteiger partial charge is 0.302 e. The van der Waals surface area contributed by atoms with Crippen LogP contribution in [-0.2, 0) is 9.53 Å². The molecule has 2 fully saturated rings. The fourth-order valence-electron chi connectivity index (χ4n) is 3.17. The summed E-state index contributed by atoms with van der Waals surface area (Å²) >= 11 is 0. The van der Waals surface area contributed by atoms with Gasteiger partial charge in [0.25, 0.3) is 0 Å². The Morgan fingerprint density at radius 1 is 1.07 bits per heavy atom. The molecule has 2 aliphatic carbocycles. The second-order valence-corrected chi connectivity index (χ2v) is 4.85. The van der Waals surface area contributed by atoms with Crippen molar-refractivity contribution in [2.45, 2.75) is 58.0 Å². The summed E-state index contributed by atoms with van der Waals surface area (Å²) in [6, 6.07) is 0. The number of hydrogen-bond donors (Lipinski definition) is 0. The molecule has 2 saturated carbocycles. The van der Waals surface area contributed by atoms with E-state index in [9.17, 15) is 4.79 Å². The SMILES string of the molecule is CC(=O)O[C@H]1CC[C@@H]2CCCC[C@@H]2C1. The molecule has 0 aromatic carbocycles. The van der Waals surface area contributed by atoms with E-state index >= 15 is 0 Å². The average Bonchev–Trinajstić information content (AvgIpc) is 2.17. The molecule has 80 valence electrons. The molecule has 0 aromatic rings. The predicted molar refractivity (Wildman–Crippen MR) is 54.9 cm³/mol. The highest BCUT2D eigenvalue weighted by Gasteiger charge is 2.33. The van der Waals surface area contributed by atoms with Crippen LogP contribution in [0.15, 0.2) is 0 Å². The van der Waals surface area contributed by atoms with E-state index < -0.39 is 0 Å². The van der Waals surface area contributed by atoms with Crippen LogP contribution in [0.3, 0.4) is 0 Å². The van der Waals surface area contributed by atoms with Crippen molar-refractivity contribution in [2.24, 2.45) is 11.8 Å². The van der Waals surface area contributed by atoms with E-state index in [1.54, 1.807) is 0 Å². The molecule has 0 aliphatic heterocycles. The Bertz CT molecular complexity index is 212. The highest BCUT2D eigenvalue weighted by molar-refractivity contribution is 5.66. The molecular weight excluding hydrogens is 176 g/mol. The van der Waals surface area contributed by atoms with E-state index in [1.165, 1.54) is 39.0 Å². The van der Waals surface area contributed by atoms with Crippen LogP contribution in [0.2, 0.25) is 0 Å². The minimum atomic E-state index is -0.107. The number of hydrogen-bond acceptors (Lipinski definition) is 2. The maximum Gasteiger partial charge on any atom is 0.302 e. The van der Waals surface area contributed by atoms with Crippen LogP contribution in [0.25, 0.3) is 0 Å². The van der Waals surface area contributed by atoms with Gasteiger partial charge in [-0.2, -0.15) is 0 Å². The molecule has 0 unspecified atom stereocenters. The molecule has 0 bridgehead atoms. The summed E-state index contributed by atoms with van der Waals surface area (Å²) in [5, 5.41) is 0. The van der Waals surface area contributed by atoms with E-state index in [1.807, 2.05) is 0 Å². The standard InChI is InChI=1S/C12H20O2/c1-9(13)14-12-7-6-10-4-2-3-5-11(10)8-12/h10-12H,2-8H2,1H3/t10-,11+,12-/m0/s1. The van der Waals surface area contributed by atoms with E-state index in [0.29, 0.717) is 0 Å². The maximum atomic E-state index is 10.8. The van der Waals surface area contributed by atoms with Gasteiger partial charge < -0.3 is 4.74 Å². The van der Waals surface area contributed by atoms with Crippen molar-refractivity contribution in [2.75, 3.05) is 0 Å². The number of fused-ring (bicyclic) bond motifs is 1. The third kappa shape index (κ3) is 2.28. The quantitative estimate of drug-likeness (QED) is 0.603. The lowest BCUT2D eigenvalue weighted by molar-refractivity contribution is -0.149. The van der Waals surface area contributed by atoms with Crippen LogP contribution >= 0.6 is 0 Å². The molecule has 0 aromatic heterocycles. The molecule has 0 amide bonds. The highest BCUT2D eigenvalue weighted by atomic mass is 16.5. The number of rotatable bonds is 1. The van der Waals surface area contributed by atoms with Gasteiger partial charge in [-0.25, -0.2) is 0 Å². The molecule has 2 rings (SSSR count). The number of esters is 1. The maximum absolute atomic E-state index is 10.8. The topological polar surface area (TPSA) is 26.3 Å². The molecule has 14 heavy (non-hydrogen) atoms. The van der Waals surface area contributed by atoms with Gasteiger partial charge in [0, 0.05) is 6.92 Å². The van der Waals surface area contributed by atoms with Gasteiger partial charge >= 0.3 is 5.97 Å². The Morgan fingerprint density at radius 3 is 2.50 bits per heavy atom. The number of carbonyl (C=O) groups is 1. The van der Waals surface area contributed by atoms with Crippen molar-refractivity contribution in [3.63, 3.8) is 0 Å². The van der Waals surface area contributed by atoms with Gasteiger partial charge in [-0.15, -0.1) is 0 Å². The zero-order valence-electron chi connectivity index (χ0n) is 9.00. The lowest BCUT2D eigenvalue weighted by atomic mass is 9.70. The summed E-state index contributed by atoms with van der Waals surface area (Å²) in [7, 11) is 0. The first-order valence-corrected chi connectivity index (χ1v) is 5.93. The van der Waals surface area contributed by atoms with Gasteiger partial charge in [-0.1, -0.05) is 25.7 Å². The molecule has 0 N–H and O–H groups in total. The van der Waals surface area contributed by atoms with E-state index in [2.05, 4.69) is 0 Å². The Morgan fingerprint density at radius 2 is 1.79 bits per heavy atom. The Labute approximate surface area is 86.0 Å². The van der Waals surface area contributed by atoms with Crippen molar-refractivity contribution in [1.82, 2.24) is 0 Å². The summed E-state index contributed by atoms with van der Waals surface area (Å²) in [5.41, 5.74) is 0. The largest absolute Gasteiger partial charge is 0.463 e. The lowest BCUT2D eigenvalue weighted by Gasteiger charge is -2.38. The van der Waals surface area contributed by atoms with Crippen molar-refractivity contribution in [1.29, 1.82) is 0 Å². The third-order valence-electron chi connectivity index (χ3n) is 3.82. The summed E-state index contributed by atoms with van der Waals surface area (Å²) in [6.07, 6.45) is 9.31. The minimum absolute atomic E-state index is 0.107. The number of carbonyl (C=O) groups excluding carboxylic acids is 1. The third-order valence-corrected chi connectivity index (χ3v) is 3.82. The van der Waals surface area contributed by atoms with Gasteiger partial charge in [-0.05, 0) is 31.1 Å². The van der Waals surface area contributed by atoms with Crippen molar-refractivity contribution >= 4 is 5.97 Å². The Balaban J connectivity index is 1.86. The second-order valence-electron chi connectivity index (χ2n) is 4.85. The predicted octanol–water partition coefficient (Wildman–Crippen LogP) is 2.91. The van der Waals surface area contributed by atoms with E-state index in [4.69, 9.17) is 4.74 Å². The summed E-state index contributed by atoms with van der Waals surface area (Å²) in [4.78, 5) is 10.8. The molecule has 0 saturated heterocycles. The van der Waals surface area contributed by atoms with Crippen molar-refractivity contribution in [3.05, 3.63) is 0 Å². The van der Waals surface area contributed by atoms with Gasteiger partial charge in [0.1, 0.15) is 6.10 Å². The lowest BCUT2D eigenvalue weighted by Crippen LogP contribution is -2.32. The molecule has 0 spiro atoms. The van der Waals surface area contributed by atoms with Crippen LogP contribution in [0.4, 0.5) is 0 Å². The highest BCUT2D eigenvalue weighted by Crippen LogP contribution is 2.41. The van der Waals surface area contributed by atoms with Crippen LogP contribution in [-0.4, -0.2) is 12.1 Å². The van der Waals surface area contributed by atoms with Gasteiger partial charge in [0.15, 0.2) is 0 Å². The summed E-state index contributed by atoms with van der Waals surface area (Å²) in [5.74, 6) is 1.68. The minimum Gasteiger partial charge on any atom is -0.463 e. The van der Waals surface area contributed by atoms with Crippen molar-refractivity contribution in [3.8, 4) is 0 Å². The monoisotopic (exact) mass is 196 g/mol. The van der Waals surface area contributed by atoms with Crippen LogP contribution in [0.1, 0.15) is 51.9 Å². The number of ether oxygens (including phenoxy) is 1. The van der Waals surface area contributed by atoms with Gasteiger partial charge in [0.05, 0.1) is 0 Å². The molecule has 0 heterocycles. The fourth-order valence-corrected chi connectivity index (χ4v) is 3.17. The first-order valence-electron chi connectivity index (χ1n) is 5.93. The molecule has 2 heteroatoms. The van der Waals surface area contributed by atoms with Crippen LogP contribution in [0, 0.1) is 11.8 Å². The summed E-state index contributed by atoms with van der Waals surface area (Å²) in [6.45, 7) is 1.52. The van der Waals surface area contributed by atoms with Gasteiger partial charge in [-0.3, -0.25) is 4.79 Å². The van der Waals surface area contributed by atoms with Crippen LogP contribution < -0.4 is 0 Å². The summed E-state index contributed by atoms with van der Waals surface area (Å²) < 4.78 is 5.30. The van der Waals surface area contributed by atoms with E-state index in [-0.39, 0.29) is 12.1 Å². The normalized spacial score (nSPS) is 37.4.